The molecule has 3 aliphatic rings. The Morgan fingerprint density at radius 1 is 1.13 bits per heavy atom. The molecule has 0 radical (unpaired) electrons. The predicted octanol–water partition coefficient (Wildman–Crippen LogP) is 2.87. The van der Waals surface area contributed by atoms with Gasteiger partial charge in [-0.3, -0.25) is 19.3 Å². The smallest absolute Gasteiger partial charge is 0.377 e. The van der Waals surface area contributed by atoms with E-state index in [1.165, 1.54) is 29.2 Å². The van der Waals surface area contributed by atoms with Crippen molar-refractivity contribution in [1.82, 2.24) is 10.2 Å². The van der Waals surface area contributed by atoms with E-state index in [0.29, 0.717) is 18.8 Å². The van der Waals surface area contributed by atoms with E-state index < -0.39 is 47.4 Å². The molecular weight excluding hydrogens is 506 g/mol. The summed E-state index contributed by atoms with van der Waals surface area (Å²) in [6.07, 6.45) is 0.800. The van der Waals surface area contributed by atoms with Gasteiger partial charge in [0.1, 0.15) is 17.9 Å². The number of halogens is 4. The Hall–Kier alpha value is -3.91. The first-order chi connectivity index (χ1) is 18.0. The Balaban J connectivity index is 1.43. The summed E-state index contributed by atoms with van der Waals surface area (Å²) in [5.74, 6) is -0.397. The first-order valence-electron chi connectivity index (χ1n) is 11.9. The van der Waals surface area contributed by atoms with E-state index in [1.807, 2.05) is 0 Å². The molecule has 2 aliphatic heterocycles. The fourth-order valence-electron chi connectivity index (χ4n) is 5.10. The van der Waals surface area contributed by atoms with Crippen LogP contribution in [0.3, 0.4) is 0 Å². The van der Waals surface area contributed by atoms with Crippen LogP contribution in [0.4, 0.5) is 23.2 Å². The zero-order valence-corrected chi connectivity index (χ0v) is 20.1. The summed E-state index contributed by atoms with van der Waals surface area (Å²) in [5.41, 5.74) is -1.75. The molecule has 1 spiro atoms. The number of benzene rings is 2. The molecule has 1 aliphatic carbocycles. The van der Waals surface area contributed by atoms with Gasteiger partial charge in [0.2, 0.25) is 11.8 Å². The molecule has 198 valence electrons. The Labute approximate surface area is 215 Å². The highest BCUT2D eigenvalue weighted by Gasteiger charge is 2.61. The maximum atomic E-state index is 14.9. The van der Waals surface area contributed by atoms with Gasteiger partial charge in [-0.25, -0.2) is 4.39 Å². The molecule has 2 saturated heterocycles. The number of nitrogens with one attached hydrogen (secondary N) is 1. The van der Waals surface area contributed by atoms with Crippen molar-refractivity contribution in [3.8, 4) is 12.3 Å². The van der Waals surface area contributed by atoms with Gasteiger partial charge in [0.25, 0.3) is 5.91 Å². The second kappa shape index (κ2) is 9.44. The third kappa shape index (κ3) is 4.49. The molecule has 38 heavy (non-hydrogen) atoms. The van der Waals surface area contributed by atoms with Gasteiger partial charge >= 0.3 is 6.18 Å². The van der Waals surface area contributed by atoms with Crippen LogP contribution in [0.1, 0.15) is 29.5 Å². The third-order valence-electron chi connectivity index (χ3n) is 7.30. The third-order valence-corrected chi connectivity index (χ3v) is 7.30. The van der Waals surface area contributed by atoms with Crippen molar-refractivity contribution in [2.45, 2.75) is 37.1 Å². The SMILES string of the molecule is C#Cc1ccc(N2CC(=O)N(Cc3ccc(C(F)(F)F)cc3)C3(CC(C(=O)NC4COC4)C3)C2=O)c(F)c1. The standard InChI is InChI=1S/C27H23F4N3O4/c1-2-16-5-8-22(21(28)9-16)33-13-23(35)34(12-17-3-6-19(7-4-17)27(29,30)31)26(25(33)37)10-18(11-26)24(36)32-20-14-38-15-20/h1,3-9,18,20H,10-15H2,(H,32,36). The van der Waals surface area contributed by atoms with Crippen LogP contribution in [-0.2, 0) is 31.8 Å². The van der Waals surface area contributed by atoms with Crippen LogP contribution >= 0.6 is 0 Å². The van der Waals surface area contributed by atoms with Crippen LogP contribution in [0.2, 0.25) is 0 Å². The minimum atomic E-state index is -4.52. The summed E-state index contributed by atoms with van der Waals surface area (Å²) in [6, 6.07) is 8.06. The minimum absolute atomic E-state index is 0.00181. The van der Waals surface area contributed by atoms with Gasteiger partial charge in [0, 0.05) is 18.0 Å². The average Bonchev–Trinajstić information content (AvgIpc) is 2.82. The van der Waals surface area contributed by atoms with Gasteiger partial charge in [0.15, 0.2) is 0 Å². The van der Waals surface area contributed by atoms with Crippen molar-refractivity contribution in [3.05, 3.63) is 65.0 Å². The number of nitrogens with zero attached hydrogens (tertiary/aromatic N) is 2. The molecule has 3 fully saturated rings. The molecule has 2 aromatic carbocycles. The van der Waals surface area contributed by atoms with Crippen LogP contribution in [0.15, 0.2) is 42.5 Å². The van der Waals surface area contributed by atoms with E-state index in [0.717, 1.165) is 23.1 Å². The molecule has 11 heteroatoms. The molecular formula is C27H23F4N3O4. The topological polar surface area (TPSA) is 79.0 Å². The fraction of sp³-hybridized carbons (Fsp3) is 0.370. The number of hydrogen-bond acceptors (Lipinski definition) is 4. The van der Waals surface area contributed by atoms with Crippen LogP contribution in [-0.4, -0.2) is 54.0 Å². The first kappa shape index (κ1) is 25.7. The molecule has 7 nitrogen and oxygen atoms in total. The molecule has 1 saturated carbocycles. The maximum Gasteiger partial charge on any atom is 0.416 e. The lowest BCUT2D eigenvalue weighted by atomic mass is 9.64. The zero-order valence-electron chi connectivity index (χ0n) is 20.1. The molecule has 1 N–H and O–H groups in total. The minimum Gasteiger partial charge on any atom is -0.377 e. The molecule has 2 heterocycles. The zero-order chi connectivity index (χ0) is 27.2. The van der Waals surface area contributed by atoms with Gasteiger partial charge < -0.3 is 15.0 Å². The molecule has 3 amide bonds. The summed E-state index contributed by atoms with van der Waals surface area (Å²) in [7, 11) is 0. The number of ether oxygens (including phenoxy) is 1. The summed E-state index contributed by atoms with van der Waals surface area (Å²) in [6.45, 7) is 0.174. The van der Waals surface area contributed by atoms with Crippen molar-refractivity contribution in [2.75, 3.05) is 24.7 Å². The van der Waals surface area contributed by atoms with Gasteiger partial charge in [-0.2, -0.15) is 13.2 Å². The summed E-state index contributed by atoms with van der Waals surface area (Å²) < 4.78 is 59.0. The molecule has 5 rings (SSSR count). The van der Waals surface area contributed by atoms with Crippen molar-refractivity contribution in [2.24, 2.45) is 5.92 Å². The highest BCUT2D eigenvalue weighted by atomic mass is 19.4. The number of alkyl halides is 3. The highest BCUT2D eigenvalue weighted by Crippen LogP contribution is 2.48. The Bertz CT molecular complexity index is 1330. The number of piperazine rings is 1. The van der Waals surface area contributed by atoms with Crippen molar-refractivity contribution >= 4 is 23.4 Å². The monoisotopic (exact) mass is 529 g/mol. The summed E-state index contributed by atoms with van der Waals surface area (Å²) in [5, 5.41) is 2.84. The summed E-state index contributed by atoms with van der Waals surface area (Å²) >= 11 is 0. The van der Waals surface area contributed by atoms with Crippen LogP contribution in [0.25, 0.3) is 0 Å². The van der Waals surface area contributed by atoms with Crippen LogP contribution in [0, 0.1) is 24.1 Å². The van der Waals surface area contributed by atoms with E-state index in [-0.39, 0.29) is 42.6 Å². The Morgan fingerprint density at radius 3 is 2.37 bits per heavy atom. The van der Waals surface area contributed by atoms with Gasteiger partial charge in [-0.15, -0.1) is 6.42 Å². The van der Waals surface area contributed by atoms with Crippen molar-refractivity contribution in [3.63, 3.8) is 0 Å². The molecule has 0 bridgehead atoms. The van der Waals surface area contributed by atoms with E-state index in [1.54, 1.807) is 0 Å². The van der Waals surface area contributed by atoms with E-state index >= 15 is 0 Å². The highest BCUT2D eigenvalue weighted by molar-refractivity contribution is 6.10. The quantitative estimate of drug-likeness (QED) is 0.478. The second-order valence-corrected chi connectivity index (χ2v) is 9.76. The summed E-state index contributed by atoms with van der Waals surface area (Å²) in [4.78, 5) is 42.3. The molecule has 0 atom stereocenters. The normalized spacial score (nSPS) is 23.6. The maximum absolute atomic E-state index is 14.9. The molecule has 2 aromatic rings. The number of rotatable bonds is 5. The average molecular weight is 529 g/mol. The number of terminal acetylenes is 1. The van der Waals surface area contributed by atoms with E-state index in [4.69, 9.17) is 11.2 Å². The number of amides is 3. The van der Waals surface area contributed by atoms with Crippen molar-refractivity contribution < 1.29 is 36.7 Å². The van der Waals surface area contributed by atoms with Gasteiger partial charge in [0.05, 0.1) is 30.5 Å². The number of hydrogen-bond donors (Lipinski definition) is 1. The fourth-order valence-corrected chi connectivity index (χ4v) is 5.10. The number of carbonyl (C=O) groups is 3. The van der Waals surface area contributed by atoms with E-state index in [2.05, 4.69) is 11.2 Å². The predicted molar refractivity (Wildman–Crippen MR) is 127 cm³/mol. The lowest BCUT2D eigenvalue weighted by Gasteiger charge is -2.56. The number of carbonyl (C=O) groups excluding carboxylic acids is 3. The number of anilines is 1. The lowest BCUT2D eigenvalue weighted by Crippen LogP contribution is -2.74. The van der Waals surface area contributed by atoms with Crippen LogP contribution in [0.5, 0.6) is 0 Å². The molecule has 0 aromatic heterocycles. The first-order valence-corrected chi connectivity index (χ1v) is 11.9. The largest absolute Gasteiger partial charge is 0.416 e. The Morgan fingerprint density at radius 2 is 1.82 bits per heavy atom. The van der Waals surface area contributed by atoms with Crippen molar-refractivity contribution in [1.29, 1.82) is 0 Å². The lowest BCUT2D eigenvalue weighted by molar-refractivity contribution is -0.165. The van der Waals surface area contributed by atoms with Gasteiger partial charge in [-0.05, 0) is 48.7 Å². The van der Waals surface area contributed by atoms with E-state index in [9.17, 15) is 31.9 Å². The second-order valence-electron chi connectivity index (χ2n) is 9.76. The Kier molecular flexibility index (Phi) is 6.39. The van der Waals surface area contributed by atoms with Crippen LogP contribution < -0.4 is 10.2 Å². The van der Waals surface area contributed by atoms with Gasteiger partial charge in [-0.1, -0.05) is 18.1 Å². The molecule has 0 unspecified atom stereocenters.